The van der Waals surface area contributed by atoms with E-state index in [1.54, 1.807) is 24.3 Å². The molecule has 1 aliphatic heterocycles. The zero-order chi connectivity index (χ0) is 13.1. The first-order valence-electron chi connectivity index (χ1n) is 6.42. The van der Waals surface area contributed by atoms with Crippen LogP contribution in [0.4, 0.5) is 0 Å². The number of hydrogen-bond donors (Lipinski definition) is 1. The fourth-order valence-corrected chi connectivity index (χ4v) is 2.64. The van der Waals surface area contributed by atoms with E-state index in [-0.39, 0.29) is 11.9 Å². The predicted octanol–water partition coefficient (Wildman–Crippen LogP) is 2.54. The van der Waals surface area contributed by atoms with Gasteiger partial charge in [0.05, 0.1) is 0 Å². The fraction of sp³-hybridized carbons (Fsp3) is 0.500. The van der Waals surface area contributed by atoms with Crippen LogP contribution in [0.3, 0.4) is 0 Å². The number of nitrogens with two attached hydrogens (primary N) is 1. The monoisotopic (exact) mass is 266 g/mol. The number of nitrogens with zero attached hydrogens (tertiary/aromatic N) is 1. The highest BCUT2D eigenvalue weighted by Crippen LogP contribution is 2.22. The van der Waals surface area contributed by atoms with Gasteiger partial charge in [-0.2, -0.15) is 0 Å². The van der Waals surface area contributed by atoms with Gasteiger partial charge in [0.25, 0.3) is 5.91 Å². The summed E-state index contributed by atoms with van der Waals surface area (Å²) in [5.74, 6) is 0.493. The molecule has 0 spiro atoms. The van der Waals surface area contributed by atoms with Gasteiger partial charge >= 0.3 is 0 Å². The van der Waals surface area contributed by atoms with Gasteiger partial charge in [0.2, 0.25) is 0 Å². The molecule has 0 unspecified atom stereocenters. The molecule has 98 valence electrons. The van der Waals surface area contributed by atoms with E-state index in [1.807, 2.05) is 4.90 Å². The van der Waals surface area contributed by atoms with Crippen molar-refractivity contribution in [3.8, 4) is 0 Å². The van der Waals surface area contributed by atoms with Gasteiger partial charge in [-0.15, -0.1) is 0 Å². The lowest BCUT2D eigenvalue weighted by atomic mass is 9.99. The summed E-state index contributed by atoms with van der Waals surface area (Å²) < 4.78 is 0. The quantitative estimate of drug-likeness (QED) is 0.914. The minimum atomic E-state index is 0.0562. The van der Waals surface area contributed by atoms with Crippen molar-refractivity contribution < 1.29 is 4.79 Å². The lowest BCUT2D eigenvalue weighted by Crippen LogP contribution is -2.32. The van der Waals surface area contributed by atoms with Gasteiger partial charge in [-0.1, -0.05) is 24.9 Å². The molecular formula is C14H19ClN2O. The molecule has 0 bridgehead atoms. The Hall–Kier alpha value is -1.06. The smallest absolute Gasteiger partial charge is 0.253 e. The largest absolute Gasteiger partial charge is 0.337 e. The van der Waals surface area contributed by atoms with Gasteiger partial charge < -0.3 is 10.6 Å². The second-order valence-corrected chi connectivity index (χ2v) is 5.37. The van der Waals surface area contributed by atoms with Crippen molar-refractivity contribution >= 4 is 17.5 Å². The molecule has 4 heteroatoms. The Labute approximate surface area is 113 Å². The Kier molecular flexibility index (Phi) is 4.25. The van der Waals surface area contributed by atoms with Crippen molar-refractivity contribution in [2.24, 2.45) is 11.7 Å². The molecule has 1 aliphatic rings. The van der Waals surface area contributed by atoms with E-state index in [1.165, 1.54) is 0 Å². The number of hydrogen-bond acceptors (Lipinski definition) is 2. The molecule has 1 aromatic carbocycles. The minimum Gasteiger partial charge on any atom is -0.337 e. The van der Waals surface area contributed by atoms with Crippen LogP contribution in [0.1, 0.15) is 30.1 Å². The van der Waals surface area contributed by atoms with Crippen LogP contribution in [0.15, 0.2) is 24.3 Å². The summed E-state index contributed by atoms with van der Waals surface area (Å²) in [6.07, 6.45) is 2.20. The lowest BCUT2D eigenvalue weighted by molar-refractivity contribution is 0.0785. The molecule has 1 saturated heterocycles. The molecule has 0 aromatic heterocycles. The maximum Gasteiger partial charge on any atom is 0.253 e. The summed E-state index contributed by atoms with van der Waals surface area (Å²) in [7, 11) is 0. The first-order valence-corrected chi connectivity index (χ1v) is 6.80. The highest BCUT2D eigenvalue weighted by Gasteiger charge is 2.32. The Bertz CT molecular complexity index is 418. The number of halogens is 1. The van der Waals surface area contributed by atoms with E-state index in [2.05, 4.69) is 6.92 Å². The third kappa shape index (κ3) is 2.85. The van der Waals surface area contributed by atoms with Crippen LogP contribution in [0, 0.1) is 5.92 Å². The van der Waals surface area contributed by atoms with E-state index in [9.17, 15) is 4.79 Å². The number of benzene rings is 1. The van der Waals surface area contributed by atoms with Crippen LogP contribution in [-0.4, -0.2) is 29.9 Å². The van der Waals surface area contributed by atoms with Crippen LogP contribution in [0.2, 0.25) is 5.02 Å². The van der Waals surface area contributed by atoms with Crippen molar-refractivity contribution in [2.75, 3.05) is 13.1 Å². The molecule has 1 aromatic rings. The van der Waals surface area contributed by atoms with E-state index >= 15 is 0 Å². The molecule has 1 fully saturated rings. The molecule has 2 rings (SSSR count). The molecule has 0 saturated carbocycles. The highest BCUT2D eigenvalue weighted by molar-refractivity contribution is 6.30. The predicted molar refractivity (Wildman–Crippen MR) is 73.7 cm³/mol. The van der Waals surface area contributed by atoms with Gasteiger partial charge in [0, 0.05) is 29.7 Å². The first-order chi connectivity index (χ1) is 8.61. The van der Waals surface area contributed by atoms with Crippen LogP contribution in [0.25, 0.3) is 0 Å². The Morgan fingerprint density at radius 2 is 2.06 bits per heavy atom. The van der Waals surface area contributed by atoms with Crippen molar-refractivity contribution in [3.63, 3.8) is 0 Å². The zero-order valence-corrected chi connectivity index (χ0v) is 11.4. The average Bonchev–Trinajstić information content (AvgIpc) is 2.72. The molecule has 1 amide bonds. The van der Waals surface area contributed by atoms with E-state index in [0.717, 1.165) is 19.4 Å². The third-order valence-corrected chi connectivity index (χ3v) is 3.78. The maximum atomic E-state index is 12.3. The molecule has 2 atom stereocenters. The number of rotatable bonds is 3. The summed E-state index contributed by atoms with van der Waals surface area (Å²) in [5, 5.41) is 0.647. The normalized spacial score (nSPS) is 23.4. The number of amides is 1. The molecule has 0 aliphatic carbocycles. The summed E-state index contributed by atoms with van der Waals surface area (Å²) in [6.45, 7) is 3.58. The second kappa shape index (κ2) is 5.72. The lowest BCUT2D eigenvalue weighted by Gasteiger charge is -2.16. The first kappa shape index (κ1) is 13.4. The Morgan fingerprint density at radius 3 is 2.67 bits per heavy atom. The number of likely N-dealkylation sites (tertiary alicyclic amines) is 1. The van der Waals surface area contributed by atoms with E-state index < -0.39 is 0 Å². The van der Waals surface area contributed by atoms with Crippen molar-refractivity contribution in [1.82, 2.24) is 4.90 Å². The summed E-state index contributed by atoms with van der Waals surface area (Å²) in [4.78, 5) is 14.1. The minimum absolute atomic E-state index is 0.0562. The van der Waals surface area contributed by atoms with Crippen molar-refractivity contribution in [1.29, 1.82) is 0 Å². The number of carbonyl (C=O) groups is 1. The highest BCUT2D eigenvalue weighted by atomic mass is 35.5. The van der Waals surface area contributed by atoms with Gasteiger partial charge in [0.15, 0.2) is 0 Å². The van der Waals surface area contributed by atoms with Crippen LogP contribution < -0.4 is 5.73 Å². The standard InChI is InChI=1S/C14H19ClN2O/c1-2-3-11-8-17(9-13(11)16)14(18)10-4-6-12(15)7-5-10/h4-7,11,13H,2-3,8-9,16H2,1H3/t11-,13-/m1/s1. The molecule has 3 nitrogen and oxygen atoms in total. The van der Waals surface area contributed by atoms with Crippen LogP contribution in [0.5, 0.6) is 0 Å². The maximum absolute atomic E-state index is 12.3. The SMILES string of the molecule is CCC[C@@H]1CN(C(=O)c2ccc(Cl)cc2)C[C@H]1N. The summed E-state index contributed by atoms with van der Waals surface area (Å²) >= 11 is 5.82. The zero-order valence-electron chi connectivity index (χ0n) is 10.6. The topological polar surface area (TPSA) is 46.3 Å². The molecule has 18 heavy (non-hydrogen) atoms. The Balaban J connectivity index is 2.04. The van der Waals surface area contributed by atoms with Crippen molar-refractivity contribution in [2.45, 2.75) is 25.8 Å². The Morgan fingerprint density at radius 1 is 1.39 bits per heavy atom. The van der Waals surface area contributed by atoms with Crippen LogP contribution in [-0.2, 0) is 0 Å². The van der Waals surface area contributed by atoms with Gasteiger partial charge in [-0.05, 0) is 36.6 Å². The molecular weight excluding hydrogens is 248 g/mol. The summed E-state index contributed by atoms with van der Waals surface area (Å²) in [5.41, 5.74) is 6.76. The number of carbonyl (C=O) groups excluding carboxylic acids is 1. The van der Waals surface area contributed by atoms with Crippen LogP contribution >= 0.6 is 11.6 Å². The van der Waals surface area contributed by atoms with E-state index in [0.29, 0.717) is 23.0 Å². The molecule has 1 heterocycles. The summed E-state index contributed by atoms with van der Waals surface area (Å²) in [6, 6.07) is 7.14. The average molecular weight is 267 g/mol. The van der Waals surface area contributed by atoms with Gasteiger partial charge in [-0.25, -0.2) is 0 Å². The van der Waals surface area contributed by atoms with Crippen molar-refractivity contribution in [3.05, 3.63) is 34.9 Å². The van der Waals surface area contributed by atoms with Gasteiger partial charge in [-0.3, -0.25) is 4.79 Å². The third-order valence-electron chi connectivity index (χ3n) is 3.53. The second-order valence-electron chi connectivity index (χ2n) is 4.93. The molecule has 0 radical (unpaired) electrons. The van der Waals surface area contributed by atoms with E-state index in [4.69, 9.17) is 17.3 Å². The van der Waals surface area contributed by atoms with Gasteiger partial charge in [0.1, 0.15) is 0 Å². The fourth-order valence-electron chi connectivity index (χ4n) is 2.51. The molecule has 2 N–H and O–H groups in total.